The van der Waals surface area contributed by atoms with Crippen molar-refractivity contribution in [2.24, 2.45) is 0 Å². The molecule has 86 valence electrons. The van der Waals surface area contributed by atoms with Gasteiger partial charge in [0.15, 0.2) is 0 Å². The maximum atomic E-state index is 8.89. The first kappa shape index (κ1) is 10.6. The van der Waals surface area contributed by atoms with Gasteiger partial charge in [-0.3, -0.25) is 4.98 Å². The Kier molecular flexibility index (Phi) is 2.39. The molecular formula is C12H7N5S. The number of anilines is 1. The van der Waals surface area contributed by atoms with Crippen LogP contribution in [0.5, 0.6) is 0 Å². The second kappa shape index (κ2) is 4.05. The molecule has 0 aromatic carbocycles. The van der Waals surface area contributed by atoms with Gasteiger partial charge < -0.3 is 5.73 Å². The molecule has 3 aromatic rings. The van der Waals surface area contributed by atoms with E-state index < -0.39 is 0 Å². The highest BCUT2D eigenvalue weighted by Crippen LogP contribution is 2.30. The number of hydrogen-bond donors (Lipinski definition) is 1. The summed E-state index contributed by atoms with van der Waals surface area (Å²) in [5.41, 5.74) is 8.49. The molecule has 0 aliphatic rings. The van der Waals surface area contributed by atoms with E-state index in [2.05, 4.69) is 21.0 Å². The Balaban J connectivity index is 2.30. The van der Waals surface area contributed by atoms with E-state index in [9.17, 15) is 0 Å². The summed E-state index contributed by atoms with van der Waals surface area (Å²) in [6, 6.07) is 5.70. The highest BCUT2D eigenvalue weighted by atomic mass is 32.1. The first-order valence-electron chi connectivity index (χ1n) is 5.14. The molecule has 0 amide bonds. The number of aromatic nitrogens is 3. The molecule has 0 aliphatic heterocycles. The topological polar surface area (TPSA) is 88.5 Å². The van der Waals surface area contributed by atoms with Crippen molar-refractivity contribution in [1.82, 2.24) is 15.0 Å². The van der Waals surface area contributed by atoms with Crippen LogP contribution in [0.15, 0.2) is 29.9 Å². The predicted molar refractivity (Wildman–Crippen MR) is 69.8 cm³/mol. The van der Waals surface area contributed by atoms with Gasteiger partial charge in [0.2, 0.25) is 5.95 Å². The minimum atomic E-state index is 0.221. The number of rotatable bonds is 1. The first-order valence-corrected chi connectivity index (χ1v) is 6.02. The van der Waals surface area contributed by atoms with E-state index in [1.165, 1.54) is 17.5 Å². The van der Waals surface area contributed by atoms with Gasteiger partial charge in [0, 0.05) is 18.0 Å². The zero-order valence-electron chi connectivity index (χ0n) is 9.16. The summed E-state index contributed by atoms with van der Waals surface area (Å²) in [5.74, 6) is 0.221. The minimum Gasteiger partial charge on any atom is -0.368 e. The van der Waals surface area contributed by atoms with Crippen molar-refractivity contribution in [3.63, 3.8) is 0 Å². The molecule has 0 unspecified atom stereocenters. The summed E-state index contributed by atoms with van der Waals surface area (Å²) in [6.45, 7) is 0. The van der Waals surface area contributed by atoms with E-state index in [-0.39, 0.29) is 5.95 Å². The van der Waals surface area contributed by atoms with Gasteiger partial charge in [0.05, 0.1) is 21.5 Å². The third-order valence-corrected chi connectivity index (χ3v) is 3.37. The zero-order valence-corrected chi connectivity index (χ0v) is 9.98. The molecule has 6 heteroatoms. The molecule has 0 radical (unpaired) electrons. The van der Waals surface area contributed by atoms with Crippen molar-refractivity contribution in [3.8, 4) is 17.3 Å². The Labute approximate surface area is 107 Å². The van der Waals surface area contributed by atoms with Crippen LogP contribution in [0.2, 0.25) is 0 Å². The number of nitrogen functional groups attached to an aromatic ring is 1. The Hall–Kier alpha value is -2.52. The molecule has 0 bridgehead atoms. The van der Waals surface area contributed by atoms with Crippen molar-refractivity contribution < 1.29 is 0 Å². The molecule has 0 saturated carbocycles. The number of nitrogens with two attached hydrogens (primary N) is 1. The predicted octanol–water partition coefficient (Wildman–Crippen LogP) is 2.21. The Morgan fingerprint density at radius 3 is 3.00 bits per heavy atom. The summed E-state index contributed by atoms with van der Waals surface area (Å²) in [5, 5.41) is 10.8. The zero-order chi connectivity index (χ0) is 12.5. The Bertz CT molecular complexity index is 771. The molecule has 3 rings (SSSR count). The second-order valence-corrected chi connectivity index (χ2v) is 4.56. The lowest BCUT2D eigenvalue weighted by Crippen LogP contribution is -1.97. The third-order valence-electron chi connectivity index (χ3n) is 2.46. The number of nitriles is 1. The van der Waals surface area contributed by atoms with E-state index in [0.717, 1.165) is 21.5 Å². The number of hydrogen-bond acceptors (Lipinski definition) is 6. The van der Waals surface area contributed by atoms with Gasteiger partial charge in [-0.25, -0.2) is 9.97 Å². The van der Waals surface area contributed by atoms with Gasteiger partial charge in [0.1, 0.15) is 6.07 Å². The van der Waals surface area contributed by atoms with Gasteiger partial charge in [-0.2, -0.15) is 5.26 Å². The van der Waals surface area contributed by atoms with Gasteiger partial charge in [-0.1, -0.05) is 0 Å². The highest BCUT2D eigenvalue weighted by Gasteiger charge is 2.10. The molecule has 5 nitrogen and oxygen atoms in total. The van der Waals surface area contributed by atoms with Crippen LogP contribution < -0.4 is 5.73 Å². The van der Waals surface area contributed by atoms with Crippen LogP contribution in [0.1, 0.15) is 5.56 Å². The van der Waals surface area contributed by atoms with Crippen molar-refractivity contribution in [1.29, 1.82) is 5.26 Å². The van der Waals surface area contributed by atoms with Crippen LogP contribution >= 0.6 is 11.3 Å². The SMILES string of the molecule is N#Cc1cncc(-c2nc(N)nc3ccsc23)c1. The molecule has 3 heterocycles. The molecule has 3 aromatic heterocycles. The first-order chi connectivity index (χ1) is 8.78. The fraction of sp³-hybridized carbons (Fsp3) is 0. The van der Waals surface area contributed by atoms with Gasteiger partial charge >= 0.3 is 0 Å². The Morgan fingerprint density at radius 2 is 2.17 bits per heavy atom. The van der Waals surface area contributed by atoms with E-state index in [4.69, 9.17) is 11.0 Å². The van der Waals surface area contributed by atoms with Crippen LogP contribution in [-0.2, 0) is 0 Å². The van der Waals surface area contributed by atoms with Crippen molar-refractivity contribution in [2.45, 2.75) is 0 Å². The minimum absolute atomic E-state index is 0.221. The summed E-state index contributed by atoms with van der Waals surface area (Å²) < 4.78 is 0.945. The smallest absolute Gasteiger partial charge is 0.221 e. The monoisotopic (exact) mass is 253 g/mol. The van der Waals surface area contributed by atoms with E-state index in [0.29, 0.717) is 5.56 Å². The standard InChI is InChI=1S/C12H7N5S/c13-4-7-3-8(6-15-5-7)10-11-9(1-2-18-11)16-12(14)17-10/h1-3,5-6H,(H2,14,16,17). The van der Waals surface area contributed by atoms with E-state index >= 15 is 0 Å². The average molecular weight is 253 g/mol. The van der Waals surface area contributed by atoms with E-state index in [1.54, 1.807) is 12.3 Å². The molecule has 2 N–H and O–H groups in total. The molecule has 18 heavy (non-hydrogen) atoms. The lowest BCUT2D eigenvalue weighted by Gasteiger charge is -2.03. The van der Waals surface area contributed by atoms with Crippen LogP contribution in [0.3, 0.4) is 0 Å². The molecule has 0 saturated heterocycles. The summed E-state index contributed by atoms with van der Waals surface area (Å²) in [4.78, 5) is 12.4. The molecule has 0 spiro atoms. The lowest BCUT2D eigenvalue weighted by atomic mass is 10.1. The summed E-state index contributed by atoms with van der Waals surface area (Å²) >= 11 is 1.54. The average Bonchev–Trinajstić information content (AvgIpc) is 2.85. The van der Waals surface area contributed by atoms with Crippen molar-refractivity contribution in [3.05, 3.63) is 35.5 Å². The summed E-state index contributed by atoms with van der Waals surface area (Å²) in [6.07, 6.45) is 3.18. The van der Waals surface area contributed by atoms with Crippen LogP contribution in [0.4, 0.5) is 5.95 Å². The van der Waals surface area contributed by atoms with E-state index in [1.807, 2.05) is 11.4 Å². The molecule has 0 atom stereocenters. The van der Waals surface area contributed by atoms with Gasteiger partial charge in [-0.05, 0) is 17.5 Å². The van der Waals surface area contributed by atoms with Crippen molar-refractivity contribution in [2.75, 3.05) is 5.73 Å². The summed E-state index contributed by atoms with van der Waals surface area (Å²) in [7, 11) is 0. The second-order valence-electron chi connectivity index (χ2n) is 3.64. The molecule has 0 fully saturated rings. The maximum absolute atomic E-state index is 8.89. The van der Waals surface area contributed by atoms with Crippen LogP contribution in [-0.4, -0.2) is 15.0 Å². The van der Waals surface area contributed by atoms with Crippen molar-refractivity contribution >= 4 is 27.5 Å². The lowest BCUT2D eigenvalue weighted by molar-refractivity contribution is 1.23. The quantitative estimate of drug-likeness (QED) is 0.718. The fourth-order valence-electron chi connectivity index (χ4n) is 1.71. The van der Waals surface area contributed by atoms with Crippen LogP contribution in [0, 0.1) is 11.3 Å². The van der Waals surface area contributed by atoms with Gasteiger partial charge in [-0.15, -0.1) is 11.3 Å². The number of thiophene rings is 1. The number of pyridine rings is 1. The molecular weight excluding hydrogens is 246 g/mol. The number of fused-ring (bicyclic) bond motifs is 1. The largest absolute Gasteiger partial charge is 0.368 e. The normalized spacial score (nSPS) is 10.4. The highest BCUT2D eigenvalue weighted by molar-refractivity contribution is 7.17. The molecule has 0 aliphatic carbocycles. The third kappa shape index (κ3) is 1.67. The maximum Gasteiger partial charge on any atom is 0.221 e. The van der Waals surface area contributed by atoms with Gasteiger partial charge in [0.25, 0.3) is 0 Å². The number of nitrogens with zero attached hydrogens (tertiary/aromatic N) is 4. The van der Waals surface area contributed by atoms with Crippen LogP contribution in [0.25, 0.3) is 21.5 Å². The Morgan fingerprint density at radius 1 is 1.28 bits per heavy atom. The fourth-order valence-corrected chi connectivity index (χ4v) is 2.55.